The average molecular weight is 236 g/mol. The van der Waals surface area contributed by atoms with Crippen molar-refractivity contribution in [3.8, 4) is 0 Å². The van der Waals surface area contributed by atoms with E-state index in [4.69, 9.17) is 0 Å². The van der Waals surface area contributed by atoms with Crippen molar-refractivity contribution in [2.24, 2.45) is 0 Å². The zero-order valence-electron chi connectivity index (χ0n) is 11.1. The predicted molar refractivity (Wildman–Crippen MR) is 73.4 cm³/mol. The highest BCUT2D eigenvalue weighted by Gasteiger charge is 2.03. The second kappa shape index (κ2) is 7.30. The molecular weight excluding hydrogens is 212 g/mol. The molecule has 0 amide bonds. The van der Waals surface area contributed by atoms with Crippen LogP contribution in [0.15, 0.2) is 24.3 Å². The van der Waals surface area contributed by atoms with Gasteiger partial charge < -0.3 is 15.3 Å². The normalized spacial score (nSPS) is 12.5. The molecule has 0 saturated carbocycles. The summed E-state index contributed by atoms with van der Waals surface area (Å²) in [5.74, 6) is 0. The molecule has 0 bridgehead atoms. The second-order valence-corrected chi connectivity index (χ2v) is 4.57. The summed E-state index contributed by atoms with van der Waals surface area (Å²) < 4.78 is 0. The Hall–Kier alpha value is -1.06. The summed E-state index contributed by atoms with van der Waals surface area (Å²) in [7, 11) is 2.00. The highest BCUT2D eigenvalue weighted by molar-refractivity contribution is 5.46. The molecule has 0 fully saturated rings. The molecule has 3 heteroatoms. The van der Waals surface area contributed by atoms with E-state index in [1.54, 1.807) is 6.92 Å². The Bertz CT molecular complexity index is 309. The quantitative estimate of drug-likeness (QED) is 0.711. The van der Waals surface area contributed by atoms with E-state index in [0.29, 0.717) is 6.54 Å². The third-order valence-electron chi connectivity index (χ3n) is 2.67. The number of aliphatic hydroxyl groups excluding tert-OH is 1. The Morgan fingerprint density at radius 2 is 1.94 bits per heavy atom. The van der Waals surface area contributed by atoms with Gasteiger partial charge in [0.05, 0.1) is 6.10 Å². The van der Waals surface area contributed by atoms with E-state index < -0.39 is 0 Å². The molecule has 0 spiro atoms. The van der Waals surface area contributed by atoms with Gasteiger partial charge >= 0.3 is 0 Å². The van der Waals surface area contributed by atoms with Gasteiger partial charge in [0.25, 0.3) is 0 Å². The molecule has 1 aromatic carbocycles. The van der Waals surface area contributed by atoms with E-state index in [1.807, 2.05) is 7.05 Å². The predicted octanol–water partition coefficient (Wildman–Crippen LogP) is 2.00. The lowest BCUT2D eigenvalue weighted by atomic mass is 10.2. The smallest absolute Gasteiger partial charge is 0.0686 e. The molecule has 1 aromatic rings. The Morgan fingerprint density at radius 3 is 2.47 bits per heavy atom. The largest absolute Gasteiger partial charge is 0.392 e. The van der Waals surface area contributed by atoms with Crippen LogP contribution in [0.2, 0.25) is 0 Å². The maximum absolute atomic E-state index is 9.33. The number of nitrogens with one attached hydrogen (secondary N) is 1. The van der Waals surface area contributed by atoms with Crippen molar-refractivity contribution in [3.63, 3.8) is 0 Å². The van der Waals surface area contributed by atoms with Crippen molar-refractivity contribution >= 4 is 5.69 Å². The molecule has 1 rings (SSSR count). The van der Waals surface area contributed by atoms with Crippen LogP contribution in [0.5, 0.6) is 0 Å². The van der Waals surface area contributed by atoms with Crippen molar-refractivity contribution in [2.45, 2.75) is 32.9 Å². The van der Waals surface area contributed by atoms with Gasteiger partial charge in [0.1, 0.15) is 0 Å². The lowest BCUT2D eigenvalue weighted by molar-refractivity contribution is 0.201. The molecule has 0 aliphatic heterocycles. The van der Waals surface area contributed by atoms with Crippen LogP contribution in [0.3, 0.4) is 0 Å². The van der Waals surface area contributed by atoms with E-state index in [-0.39, 0.29) is 6.10 Å². The van der Waals surface area contributed by atoms with Gasteiger partial charge in [0.2, 0.25) is 0 Å². The highest BCUT2D eigenvalue weighted by Crippen LogP contribution is 2.14. The first kappa shape index (κ1) is 14.0. The van der Waals surface area contributed by atoms with Gasteiger partial charge in [-0.25, -0.2) is 0 Å². The van der Waals surface area contributed by atoms with Gasteiger partial charge in [-0.2, -0.15) is 0 Å². The van der Waals surface area contributed by atoms with Gasteiger partial charge in [0, 0.05) is 25.8 Å². The van der Waals surface area contributed by atoms with Gasteiger partial charge in [-0.05, 0) is 37.6 Å². The number of hydrogen-bond donors (Lipinski definition) is 2. The summed E-state index contributed by atoms with van der Waals surface area (Å²) >= 11 is 0. The van der Waals surface area contributed by atoms with Crippen molar-refractivity contribution in [3.05, 3.63) is 29.8 Å². The summed E-state index contributed by atoms with van der Waals surface area (Å²) in [5.41, 5.74) is 2.44. The number of nitrogens with zero attached hydrogens (tertiary/aromatic N) is 1. The molecule has 0 heterocycles. The van der Waals surface area contributed by atoms with Crippen LogP contribution >= 0.6 is 0 Å². The van der Waals surface area contributed by atoms with E-state index >= 15 is 0 Å². The first-order valence-corrected chi connectivity index (χ1v) is 6.32. The van der Waals surface area contributed by atoms with Crippen molar-refractivity contribution < 1.29 is 5.11 Å². The van der Waals surface area contributed by atoms with E-state index in [0.717, 1.165) is 25.2 Å². The fourth-order valence-electron chi connectivity index (χ4n) is 1.78. The monoisotopic (exact) mass is 236 g/mol. The molecule has 3 nitrogen and oxygen atoms in total. The lowest BCUT2D eigenvalue weighted by Gasteiger charge is -2.21. The van der Waals surface area contributed by atoms with E-state index in [1.165, 1.54) is 5.56 Å². The van der Waals surface area contributed by atoms with Gasteiger partial charge in [-0.15, -0.1) is 0 Å². The van der Waals surface area contributed by atoms with Gasteiger partial charge in [-0.3, -0.25) is 0 Å². The van der Waals surface area contributed by atoms with E-state index in [2.05, 4.69) is 41.4 Å². The minimum absolute atomic E-state index is 0.300. The zero-order chi connectivity index (χ0) is 12.7. The summed E-state index contributed by atoms with van der Waals surface area (Å²) in [5, 5.41) is 12.7. The first-order valence-electron chi connectivity index (χ1n) is 6.32. The van der Waals surface area contributed by atoms with Crippen LogP contribution in [-0.4, -0.2) is 31.3 Å². The van der Waals surface area contributed by atoms with E-state index in [9.17, 15) is 5.11 Å². The maximum Gasteiger partial charge on any atom is 0.0686 e. The van der Waals surface area contributed by atoms with Crippen LogP contribution in [0.1, 0.15) is 25.8 Å². The number of aliphatic hydroxyl groups is 1. The summed E-state index contributed by atoms with van der Waals surface area (Å²) in [6.07, 6.45) is 0.862. The summed E-state index contributed by atoms with van der Waals surface area (Å²) in [4.78, 5) is 2.06. The topological polar surface area (TPSA) is 35.5 Å². The Kier molecular flexibility index (Phi) is 6.01. The number of rotatable bonds is 7. The molecule has 0 saturated heterocycles. The molecule has 1 atom stereocenters. The molecule has 0 aliphatic rings. The summed E-state index contributed by atoms with van der Waals surface area (Å²) in [6, 6.07) is 8.48. The van der Waals surface area contributed by atoms with Gasteiger partial charge in [0.15, 0.2) is 0 Å². The summed E-state index contributed by atoms with van der Waals surface area (Å²) in [6.45, 7) is 6.62. The van der Waals surface area contributed by atoms with Crippen molar-refractivity contribution in [1.29, 1.82) is 0 Å². The lowest BCUT2D eigenvalue weighted by Crippen LogP contribution is -2.26. The van der Waals surface area contributed by atoms with Crippen LogP contribution in [0.25, 0.3) is 0 Å². The molecule has 96 valence electrons. The van der Waals surface area contributed by atoms with Crippen molar-refractivity contribution in [1.82, 2.24) is 5.32 Å². The zero-order valence-corrected chi connectivity index (χ0v) is 11.1. The molecule has 17 heavy (non-hydrogen) atoms. The third-order valence-corrected chi connectivity index (χ3v) is 2.67. The second-order valence-electron chi connectivity index (χ2n) is 4.57. The third kappa shape index (κ3) is 5.20. The molecule has 2 N–H and O–H groups in total. The minimum Gasteiger partial charge on any atom is -0.392 e. The fraction of sp³-hybridized carbons (Fsp3) is 0.571. The standard InChI is InChI=1S/C14H24N2O/c1-4-9-15-10-13-5-7-14(8-6-13)16(3)11-12(2)17/h5-8,12,15,17H,4,9-11H2,1-3H3. The van der Waals surface area contributed by atoms with Crippen LogP contribution in [-0.2, 0) is 6.54 Å². The fourth-order valence-corrected chi connectivity index (χ4v) is 1.78. The number of likely N-dealkylation sites (N-methyl/N-ethyl adjacent to an activating group) is 1. The Balaban J connectivity index is 2.49. The molecule has 1 unspecified atom stereocenters. The molecular formula is C14H24N2O. The highest BCUT2D eigenvalue weighted by atomic mass is 16.3. The van der Waals surface area contributed by atoms with Crippen LogP contribution in [0, 0.1) is 0 Å². The molecule has 0 aliphatic carbocycles. The maximum atomic E-state index is 9.33. The van der Waals surface area contributed by atoms with Crippen LogP contribution in [0.4, 0.5) is 5.69 Å². The molecule has 0 aromatic heterocycles. The average Bonchev–Trinajstić information content (AvgIpc) is 2.29. The Morgan fingerprint density at radius 1 is 1.29 bits per heavy atom. The first-order chi connectivity index (χ1) is 8.13. The number of benzene rings is 1. The SMILES string of the molecule is CCCNCc1ccc(N(C)CC(C)O)cc1. The Labute approximate surface area is 104 Å². The molecule has 0 radical (unpaired) electrons. The number of hydrogen-bond acceptors (Lipinski definition) is 3. The van der Waals surface area contributed by atoms with Crippen molar-refractivity contribution in [2.75, 3.05) is 25.0 Å². The minimum atomic E-state index is -0.300. The van der Waals surface area contributed by atoms with Gasteiger partial charge in [-0.1, -0.05) is 19.1 Å². The number of anilines is 1. The van der Waals surface area contributed by atoms with Crippen LogP contribution < -0.4 is 10.2 Å².